The second-order valence-corrected chi connectivity index (χ2v) is 10.0. The van der Waals surface area contributed by atoms with Gasteiger partial charge in [0.15, 0.2) is 9.54 Å². The van der Waals surface area contributed by atoms with Gasteiger partial charge in [0.2, 0.25) is 0 Å². The largest absolute Gasteiger partial charge is 0.331 e. The van der Waals surface area contributed by atoms with E-state index < -0.39 is 0 Å². The molecular weight excluding hydrogens is 512 g/mol. The Morgan fingerprint density at radius 1 is 0.579 bits per heavy atom. The molecule has 0 unspecified atom stereocenters. The predicted molar refractivity (Wildman–Crippen MR) is 158 cm³/mol. The Morgan fingerprint density at radius 3 is 1.37 bits per heavy atom. The molecule has 0 aliphatic carbocycles. The van der Waals surface area contributed by atoms with Crippen LogP contribution >= 0.6 is 24.4 Å². The zero-order valence-electron chi connectivity index (χ0n) is 20.6. The smallest absolute Gasteiger partial charge is 0.266 e. The molecule has 0 aliphatic heterocycles. The highest BCUT2D eigenvalue weighted by Crippen LogP contribution is 2.26. The normalized spacial score (nSPS) is 11.3. The van der Waals surface area contributed by atoms with Gasteiger partial charge in [0.25, 0.3) is 11.1 Å². The third-order valence-corrected chi connectivity index (χ3v) is 7.41. The fourth-order valence-corrected chi connectivity index (χ4v) is 5.44. The van der Waals surface area contributed by atoms with E-state index >= 15 is 0 Å². The van der Waals surface area contributed by atoms with Crippen LogP contribution in [-0.2, 0) is 0 Å². The van der Waals surface area contributed by atoms with Crippen molar-refractivity contribution < 1.29 is 0 Å². The minimum Gasteiger partial charge on any atom is -0.331 e. The molecule has 6 aromatic rings. The second-order valence-electron chi connectivity index (χ2n) is 9.24. The molecule has 0 saturated carbocycles. The minimum absolute atomic E-state index is 0.202. The first-order chi connectivity index (χ1) is 18.3. The quantitative estimate of drug-likeness (QED) is 0.248. The molecule has 2 N–H and O–H groups in total. The predicted octanol–water partition coefficient (Wildman–Crippen LogP) is 6.69. The van der Waals surface area contributed by atoms with E-state index in [1.165, 1.54) is 9.13 Å². The van der Waals surface area contributed by atoms with Gasteiger partial charge >= 0.3 is 0 Å². The van der Waals surface area contributed by atoms with Crippen LogP contribution in [0.3, 0.4) is 0 Å². The number of hydrogen-bond acceptors (Lipinski definition) is 4. The first-order valence-corrected chi connectivity index (χ1v) is 12.9. The monoisotopic (exact) mass is 534 g/mol. The lowest BCUT2D eigenvalue weighted by molar-refractivity contribution is 0.930. The Balaban J connectivity index is 1.56. The van der Waals surface area contributed by atoms with Gasteiger partial charge in [-0.2, -0.15) is 0 Å². The van der Waals surface area contributed by atoms with Crippen molar-refractivity contribution in [3.8, 4) is 22.5 Å². The van der Waals surface area contributed by atoms with E-state index in [-0.39, 0.29) is 11.1 Å². The van der Waals surface area contributed by atoms with Crippen LogP contribution in [0.1, 0.15) is 11.1 Å². The van der Waals surface area contributed by atoms with Crippen molar-refractivity contribution in [2.45, 2.75) is 13.8 Å². The number of rotatable bonds is 3. The van der Waals surface area contributed by atoms with Crippen molar-refractivity contribution in [2.24, 2.45) is 0 Å². The molecule has 0 bridgehead atoms. The van der Waals surface area contributed by atoms with Gasteiger partial charge in [-0.1, -0.05) is 48.5 Å². The maximum atomic E-state index is 13.6. The molecule has 0 atom stereocenters. The summed E-state index contributed by atoms with van der Waals surface area (Å²) in [6, 6.07) is 26.5. The molecule has 2 aromatic heterocycles. The average Bonchev–Trinajstić information content (AvgIpc) is 2.90. The Morgan fingerprint density at radius 2 is 0.974 bits per heavy atom. The number of aromatic amines is 2. The number of fused-ring (bicyclic) bond motifs is 2. The van der Waals surface area contributed by atoms with Crippen LogP contribution < -0.4 is 11.1 Å². The fraction of sp³-hybridized carbons (Fsp3) is 0.0667. The fourth-order valence-electron chi connectivity index (χ4n) is 4.85. The molecule has 0 aliphatic rings. The van der Waals surface area contributed by atoms with Crippen LogP contribution in [0.5, 0.6) is 0 Å². The number of benzene rings is 4. The molecule has 38 heavy (non-hydrogen) atoms. The molecule has 0 fully saturated rings. The maximum absolute atomic E-state index is 13.6. The van der Waals surface area contributed by atoms with Gasteiger partial charge in [0, 0.05) is 0 Å². The van der Waals surface area contributed by atoms with Crippen LogP contribution in [0.25, 0.3) is 44.3 Å². The van der Waals surface area contributed by atoms with Crippen molar-refractivity contribution in [3.05, 3.63) is 126 Å². The Hall–Kier alpha value is -4.40. The highest BCUT2D eigenvalue weighted by atomic mass is 32.1. The number of hydrogen-bond donors (Lipinski definition) is 2. The van der Waals surface area contributed by atoms with E-state index in [1.54, 1.807) is 0 Å². The Kier molecular flexibility index (Phi) is 5.78. The lowest BCUT2D eigenvalue weighted by Gasteiger charge is -2.13. The third-order valence-electron chi connectivity index (χ3n) is 6.84. The molecule has 4 aromatic carbocycles. The summed E-state index contributed by atoms with van der Waals surface area (Å²) in [7, 11) is 0. The number of H-pyrrole nitrogens is 2. The molecule has 0 radical (unpaired) electrons. The molecule has 8 heteroatoms. The Labute approximate surface area is 227 Å². The van der Waals surface area contributed by atoms with E-state index in [1.807, 2.05) is 98.8 Å². The lowest BCUT2D eigenvalue weighted by Crippen LogP contribution is -2.21. The van der Waals surface area contributed by atoms with Gasteiger partial charge in [-0.05, 0) is 96.9 Å². The van der Waals surface area contributed by atoms with Crippen LogP contribution in [-0.4, -0.2) is 19.1 Å². The Bertz CT molecular complexity index is 2000. The molecule has 0 saturated heterocycles. The molecule has 0 amide bonds. The average molecular weight is 535 g/mol. The van der Waals surface area contributed by atoms with Crippen molar-refractivity contribution in [3.63, 3.8) is 0 Å². The molecular formula is C30H22N4O2S2. The molecule has 6 nitrogen and oxygen atoms in total. The van der Waals surface area contributed by atoms with Crippen molar-refractivity contribution in [1.82, 2.24) is 19.1 Å². The summed E-state index contributed by atoms with van der Waals surface area (Å²) >= 11 is 11.1. The highest BCUT2D eigenvalue weighted by molar-refractivity contribution is 7.71. The van der Waals surface area contributed by atoms with Gasteiger partial charge in [0.05, 0.1) is 33.2 Å². The zero-order chi connectivity index (χ0) is 26.6. The lowest BCUT2D eigenvalue weighted by atomic mass is 10.0. The van der Waals surface area contributed by atoms with Crippen LogP contribution in [0, 0.1) is 23.4 Å². The summed E-state index contributed by atoms with van der Waals surface area (Å²) in [6.45, 7) is 3.89. The third kappa shape index (κ3) is 3.86. The molecule has 0 spiro atoms. The standard InChI is InChI=1S/C30H22N4O2S2/c1-17-7-3-5-9-25(17)33-27(35)21-15-19(11-13-23(21)31-29(33)37)20-12-14-24-22(16-20)28(36)34(30(38)32-24)26-10-6-4-8-18(26)2/h3-16H,1-2H3,(H,31,37)(H,32,38). The molecule has 186 valence electrons. The van der Waals surface area contributed by atoms with E-state index in [2.05, 4.69) is 9.97 Å². The summed E-state index contributed by atoms with van der Waals surface area (Å²) in [5.74, 6) is 0. The van der Waals surface area contributed by atoms with Gasteiger partial charge < -0.3 is 9.97 Å². The summed E-state index contributed by atoms with van der Waals surface area (Å²) in [4.78, 5) is 33.6. The van der Waals surface area contributed by atoms with Crippen LogP contribution in [0.4, 0.5) is 0 Å². The van der Waals surface area contributed by atoms with Crippen molar-refractivity contribution >= 4 is 46.2 Å². The van der Waals surface area contributed by atoms with Gasteiger partial charge in [0.1, 0.15) is 0 Å². The molecule has 6 rings (SSSR count). The van der Waals surface area contributed by atoms with Crippen molar-refractivity contribution in [1.29, 1.82) is 0 Å². The SMILES string of the molecule is Cc1ccccc1-n1c(=S)[nH]c2ccc(-c3ccc4[nH]c(=S)n(-c5ccccc5C)c(=O)c4c3)cc2c1=O. The van der Waals surface area contributed by atoms with E-state index in [0.29, 0.717) is 31.3 Å². The summed E-state index contributed by atoms with van der Waals surface area (Å²) < 4.78 is 3.72. The molecule has 2 heterocycles. The summed E-state index contributed by atoms with van der Waals surface area (Å²) in [5, 5.41) is 1.01. The minimum atomic E-state index is -0.202. The highest BCUT2D eigenvalue weighted by Gasteiger charge is 2.13. The van der Waals surface area contributed by atoms with Crippen LogP contribution in [0.2, 0.25) is 0 Å². The number of aromatic nitrogens is 4. The number of nitrogens with zero attached hydrogens (tertiary/aromatic N) is 2. The first kappa shape index (κ1) is 24.0. The zero-order valence-corrected chi connectivity index (χ0v) is 22.2. The maximum Gasteiger partial charge on any atom is 0.266 e. The topological polar surface area (TPSA) is 75.6 Å². The van der Waals surface area contributed by atoms with Gasteiger partial charge in [-0.25, -0.2) is 0 Å². The van der Waals surface area contributed by atoms with Gasteiger partial charge in [-0.15, -0.1) is 0 Å². The summed E-state index contributed by atoms with van der Waals surface area (Å²) in [6.07, 6.45) is 0. The van der Waals surface area contributed by atoms with Crippen molar-refractivity contribution in [2.75, 3.05) is 0 Å². The van der Waals surface area contributed by atoms with Gasteiger partial charge in [-0.3, -0.25) is 18.7 Å². The summed E-state index contributed by atoms with van der Waals surface area (Å²) in [5.41, 5.74) is 5.89. The van der Waals surface area contributed by atoms with E-state index in [0.717, 1.165) is 33.6 Å². The number of aryl methyl sites for hydroxylation is 2. The van der Waals surface area contributed by atoms with E-state index in [4.69, 9.17) is 24.4 Å². The number of nitrogens with one attached hydrogen (secondary N) is 2. The van der Waals surface area contributed by atoms with E-state index in [9.17, 15) is 9.59 Å². The van der Waals surface area contributed by atoms with Crippen LogP contribution in [0.15, 0.2) is 94.5 Å². The second kappa shape index (κ2) is 9.16. The first-order valence-electron chi connectivity index (χ1n) is 12.0. The number of para-hydroxylation sites is 2.